The van der Waals surface area contributed by atoms with Crippen molar-refractivity contribution in [2.24, 2.45) is 11.8 Å². The van der Waals surface area contributed by atoms with E-state index in [1.54, 1.807) is 20.8 Å². The molecule has 12 atom stereocenters. The van der Waals surface area contributed by atoms with E-state index in [9.17, 15) is 39.6 Å². The van der Waals surface area contributed by atoms with Crippen molar-refractivity contribution < 1.29 is 68.0 Å². The van der Waals surface area contributed by atoms with Crippen molar-refractivity contribution in [2.75, 3.05) is 0 Å². The van der Waals surface area contributed by atoms with E-state index in [4.69, 9.17) is 28.4 Å². The normalized spacial score (nSPS) is 40.5. The van der Waals surface area contributed by atoms with E-state index in [1.165, 1.54) is 0 Å². The predicted molar refractivity (Wildman–Crippen MR) is 220 cm³/mol. The number of aliphatic hydroxyl groups is 4. The van der Waals surface area contributed by atoms with Gasteiger partial charge in [-0.25, -0.2) is 9.59 Å². The Bertz CT molecular complexity index is 1570. The van der Waals surface area contributed by atoms with E-state index in [-0.39, 0.29) is 49.1 Å². The Morgan fingerprint density at radius 2 is 1.02 bits per heavy atom. The van der Waals surface area contributed by atoms with Gasteiger partial charge in [0.1, 0.15) is 11.6 Å². The number of ether oxygens (including phenoxy) is 6. The Balaban J connectivity index is 1.38. The van der Waals surface area contributed by atoms with Gasteiger partial charge < -0.3 is 48.8 Å². The molecule has 0 aromatic heterocycles. The van der Waals surface area contributed by atoms with Gasteiger partial charge in [-0.2, -0.15) is 0 Å². The highest BCUT2D eigenvalue weighted by Crippen LogP contribution is 2.46. The zero-order chi connectivity index (χ0) is 43.9. The van der Waals surface area contributed by atoms with Crippen molar-refractivity contribution in [3.8, 4) is 0 Å². The number of carbonyl (C=O) groups excluding carboxylic acids is 4. The maximum atomic E-state index is 13.5. The lowest BCUT2D eigenvalue weighted by Gasteiger charge is -2.43. The topological polar surface area (TPSA) is 205 Å². The van der Waals surface area contributed by atoms with Crippen LogP contribution in [-0.2, 0) is 47.6 Å². The fourth-order valence-electron chi connectivity index (χ4n) is 8.06. The molecule has 4 aliphatic rings. The van der Waals surface area contributed by atoms with Crippen LogP contribution in [0.2, 0.25) is 0 Å². The van der Waals surface area contributed by atoms with E-state index < -0.39 is 78.3 Å². The van der Waals surface area contributed by atoms with Crippen LogP contribution in [0.3, 0.4) is 0 Å². The molecule has 336 valence electrons. The number of Topliss-reactive ketones (excluding diaryl/α,β-unsaturated/α-hetero) is 2. The SMILES string of the molecule is C=C1OC2C(=O)OC(C)CC/C=C\C=C\CCC(O)CC(=O)CC3CCC(C)C(O)(O3)C(O)C(=O)OC(C)CC/C=C\C=C\CCC(O)CC(=O)CC3CCC(C)C2(O1)O3. The number of aliphatic hydroxyl groups excluding tert-OH is 3. The molecular weight excluding hydrogens is 776 g/mol. The fourth-order valence-corrected chi connectivity index (χ4v) is 8.06. The van der Waals surface area contributed by atoms with Gasteiger partial charge in [0.2, 0.25) is 11.9 Å². The molecule has 4 bridgehead atoms. The summed E-state index contributed by atoms with van der Waals surface area (Å²) in [7, 11) is 0. The first-order valence-corrected chi connectivity index (χ1v) is 21.8. The molecule has 0 saturated carbocycles. The second-order valence-electron chi connectivity index (χ2n) is 17.0. The summed E-state index contributed by atoms with van der Waals surface area (Å²) in [4.78, 5) is 52.2. The van der Waals surface area contributed by atoms with E-state index in [2.05, 4.69) is 6.58 Å². The van der Waals surface area contributed by atoms with Gasteiger partial charge in [-0.15, -0.1) is 0 Å². The zero-order valence-corrected chi connectivity index (χ0v) is 35.8. The molecule has 0 radical (unpaired) electrons. The number of carbonyl (C=O) groups is 4. The van der Waals surface area contributed by atoms with Crippen LogP contribution in [-0.4, -0.2) is 104 Å². The number of cyclic esters (lactones) is 2. The van der Waals surface area contributed by atoms with Crippen molar-refractivity contribution in [3.63, 3.8) is 0 Å². The summed E-state index contributed by atoms with van der Waals surface area (Å²) in [5.74, 6) is -6.72. The molecule has 60 heavy (non-hydrogen) atoms. The van der Waals surface area contributed by atoms with Gasteiger partial charge in [0, 0.05) is 37.5 Å². The predicted octanol–water partition coefficient (Wildman–Crippen LogP) is 5.89. The molecule has 0 amide bonds. The van der Waals surface area contributed by atoms with E-state index >= 15 is 0 Å². The molecule has 4 heterocycles. The molecule has 14 heteroatoms. The van der Waals surface area contributed by atoms with Crippen molar-refractivity contribution in [2.45, 2.75) is 191 Å². The van der Waals surface area contributed by atoms with Crippen LogP contribution < -0.4 is 0 Å². The van der Waals surface area contributed by atoms with Crippen LogP contribution in [0, 0.1) is 11.8 Å². The van der Waals surface area contributed by atoms with Gasteiger partial charge in [-0.3, -0.25) is 9.59 Å². The molecule has 4 aliphatic heterocycles. The third-order valence-corrected chi connectivity index (χ3v) is 11.7. The molecular formula is C46H68O14. The van der Waals surface area contributed by atoms with E-state index in [0.29, 0.717) is 77.0 Å². The molecule has 4 rings (SSSR count). The Kier molecular flexibility index (Phi) is 19.2. The first-order chi connectivity index (χ1) is 28.5. The smallest absolute Gasteiger partial charge is 0.354 e. The summed E-state index contributed by atoms with van der Waals surface area (Å²) in [6, 6.07) is 0. The molecule has 4 N–H and O–H groups in total. The Morgan fingerprint density at radius 1 is 0.567 bits per heavy atom. The van der Waals surface area contributed by atoms with Gasteiger partial charge >= 0.3 is 11.9 Å². The number of hydrogen-bond donors (Lipinski definition) is 4. The Hall–Kier alpha value is -3.66. The highest BCUT2D eigenvalue weighted by molar-refractivity contribution is 5.80. The Labute approximate surface area is 354 Å². The molecule has 0 aliphatic carbocycles. The van der Waals surface area contributed by atoms with Gasteiger partial charge in [0.15, 0.2) is 0 Å². The fraction of sp³-hybridized carbons (Fsp3) is 0.696. The lowest BCUT2D eigenvalue weighted by molar-refractivity contribution is -0.316. The summed E-state index contributed by atoms with van der Waals surface area (Å²) in [5.41, 5.74) is 0. The van der Waals surface area contributed by atoms with Crippen LogP contribution in [0.15, 0.2) is 61.1 Å². The number of ketones is 2. The van der Waals surface area contributed by atoms with E-state index in [0.717, 1.165) is 0 Å². The maximum absolute atomic E-state index is 13.5. The van der Waals surface area contributed by atoms with E-state index in [1.807, 2.05) is 55.5 Å². The maximum Gasteiger partial charge on any atom is 0.354 e. The number of rotatable bonds is 0. The number of fused-ring (bicyclic) bond motifs is 3. The standard InChI is InChI=1S/C46H68O14/c1-30-22-24-39-28-37(49)26-35(47)20-16-13-9-7-11-15-19-33(4)56-44(53)42-46(58-34(5)57-42)31(2)23-25-40(60-46)29-38(50)27-36(48)21-17-12-8-6-10-14-18-32(3)55-43(52)41(51)45(30,54)59-39/h6-13,30-33,35-36,39-42,47-48,51,54H,5,14-29H2,1-4H3/b10-6-,11-7-,12-8+,13-9+. The minimum atomic E-state index is -2.23. The largest absolute Gasteiger partial charge is 0.461 e. The summed E-state index contributed by atoms with van der Waals surface area (Å²) < 4.78 is 35.0. The number of allylic oxidation sites excluding steroid dienone is 8. The zero-order valence-electron chi connectivity index (χ0n) is 35.8. The third kappa shape index (κ3) is 14.5. The van der Waals surface area contributed by atoms with Crippen LogP contribution >= 0.6 is 0 Å². The van der Waals surface area contributed by atoms with Crippen LogP contribution in [0.1, 0.15) is 130 Å². The molecule has 0 aromatic carbocycles. The summed E-state index contributed by atoms with van der Waals surface area (Å²) in [6.07, 6.45) is 13.5. The minimum absolute atomic E-state index is 0.0412. The van der Waals surface area contributed by atoms with Gasteiger partial charge in [-0.1, -0.05) is 62.5 Å². The molecule has 3 saturated heterocycles. The average molecular weight is 845 g/mol. The van der Waals surface area contributed by atoms with Crippen molar-refractivity contribution in [3.05, 3.63) is 61.1 Å². The first kappa shape index (κ1) is 49.0. The van der Waals surface area contributed by atoms with Gasteiger partial charge in [0.05, 0.1) is 36.6 Å². The third-order valence-electron chi connectivity index (χ3n) is 11.7. The van der Waals surface area contributed by atoms with Crippen molar-refractivity contribution in [1.82, 2.24) is 0 Å². The minimum Gasteiger partial charge on any atom is -0.461 e. The summed E-state index contributed by atoms with van der Waals surface area (Å²) in [6.45, 7) is 10.8. The molecule has 0 aromatic rings. The second-order valence-corrected chi connectivity index (χ2v) is 17.0. The van der Waals surface area contributed by atoms with Crippen LogP contribution in [0.25, 0.3) is 0 Å². The lowest BCUT2D eigenvalue weighted by Crippen LogP contribution is -2.58. The van der Waals surface area contributed by atoms with Gasteiger partial charge in [0.25, 0.3) is 17.8 Å². The van der Waals surface area contributed by atoms with Gasteiger partial charge in [-0.05, 0) is 97.5 Å². The number of esters is 2. The van der Waals surface area contributed by atoms with Crippen molar-refractivity contribution in [1.29, 1.82) is 0 Å². The molecule has 14 nitrogen and oxygen atoms in total. The second kappa shape index (κ2) is 23.5. The average Bonchev–Trinajstić information content (AvgIpc) is 3.51. The molecule has 12 unspecified atom stereocenters. The Morgan fingerprint density at radius 3 is 1.53 bits per heavy atom. The molecule has 3 fully saturated rings. The summed E-state index contributed by atoms with van der Waals surface area (Å²) in [5, 5.41) is 43.3. The van der Waals surface area contributed by atoms with Crippen molar-refractivity contribution >= 4 is 23.5 Å². The highest BCUT2D eigenvalue weighted by Gasteiger charge is 2.61. The lowest BCUT2D eigenvalue weighted by atomic mass is 9.85. The highest BCUT2D eigenvalue weighted by atomic mass is 16.8. The van der Waals surface area contributed by atoms with Crippen LogP contribution in [0.4, 0.5) is 0 Å². The molecule has 1 spiro atoms. The number of hydrogen-bond acceptors (Lipinski definition) is 14. The monoisotopic (exact) mass is 844 g/mol. The quantitative estimate of drug-likeness (QED) is 0.210. The van der Waals surface area contributed by atoms with Crippen LogP contribution in [0.5, 0.6) is 0 Å². The first-order valence-electron chi connectivity index (χ1n) is 21.8. The summed E-state index contributed by atoms with van der Waals surface area (Å²) >= 11 is 0.